The summed E-state index contributed by atoms with van der Waals surface area (Å²) in [4.78, 5) is 0. The van der Waals surface area contributed by atoms with E-state index in [2.05, 4.69) is 48.7 Å². The van der Waals surface area contributed by atoms with Crippen LogP contribution in [0.4, 0.5) is 5.69 Å². The lowest BCUT2D eigenvalue weighted by atomic mass is 9.53. The van der Waals surface area contributed by atoms with Crippen LogP contribution in [0, 0.1) is 17.8 Å². The van der Waals surface area contributed by atoms with Crippen molar-refractivity contribution in [3.05, 3.63) is 29.8 Å². The lowest BCUT2D eigenvalue weighted by molar-refractivity contribution is -0.00972. The summed E-state index contributed by atoms with van der Waals surface area (Å²) >= 11 is 5.63. The molecule has 0 atom stereocenters. The molecule has 0 spiro atoms. The van der Waals surface area contributed by atoms with Crippen molar-refractivity contribution < 1.29 is 0 Å². The lowest BCUT2D eigenvalue weighted by Crippen LogP contribution is -2.60. The third-order valence-corrected chi connectivity index (χ3v) is 6.46. The van der Waals surface area contributed by atoms with Crippen molar-refractivity contribution in [3.63, 3.8) is 0 Å². The van der Waals surface area contributed by atoms with Crippen LogP contribution in [0.15, 0.2) is 24.3 Å². The number of thiocarbonyl (C=S) groups is 1. The molecular weight excluding hydrogens is 300 g/mol. The molecule has 1 aromatic carbocycles. The van der Waals surface area contributed by atoms with Crippen LogP contribution in [-0.4, -0.2) is 10.7 Å². The molecule has 4 saturated carbocycles. The van der Waals surface area contributed by atoms with Crippen LogP contribution < -0.4 is 10.6 Å². The average molecular weight is 329 g/mol. The van der Waals surface area contributed by atoms with E-state index in [1.165, 1.54) is 44.1 Å². The fourth-order valence-corrected chi connectivity index (χ4v) is 5.95. The quantitative estimate of drug-likeness (QED) is 0.758. The first-order valence-electron chi connectivity index (χ1n) is 9.20. The molecule has 3 heteroatoms. The van der Waals surface area contributed by atoms with Gasteiger partial charge in [-0.05, 0) is 92.1 Å². The molecule has 4 aliphatic carbocycles. The van der Waals surface area contributed by atoms with Crippen LogP contribution in [0.2, 0.25) is 0 Å². The van der Waals surface area contributed by atoms with Gasteiger partial charge in [0.15, 0.2) is 5.11 Å². The van der Waals surface area contributed by atoms with Gasteiger partial charge in [-0.1, -0.05) is 26.0 Å². The van der Waals surface area contributed by atoms with Gasteiger partial charge in [0.05, 0.1) is 0 Å². The topological polar surface area (TPSA) is 24.1 Å². The molecule has 4 bridgehead atoms. The molecule has 5 rings (SSSR count). The summed E-state index contributed by atoms with van der Waals surface area (Å²) in [6.07, 6.45) is 8.39. The lowest BCUT2D eigenvalue weighted by Gasteiger charge is -2.57. The number of rotatable bonds is 3. The van der Waals surface area contributed by atoms with Gasteiger partial charge in [-0.2, -0.15) is 0 Å². The Morgan fingerprint density at radius 1 is 1.00 bits per heavy atom. The van der Waals surface area contributed by atoms with Gasteiger partial charge in [-0.3, -0.25) is 0 Å². The predicted octanol–water partition coefficient (Wildman–Crippen LogP) is 5.07. The Hall–Kier alpha value is -1.09. The number of hydrogen-bond acceptors (Lipinski definition) is 1. The van der Waals surface area contributed by atoms with Gasteiger partial charge in [0.1, 0.15) is 0 Å². The van der Waals surface area contributed by atoms with E-state index in [9.17, 15) is 0 Å². The first kappa shape index (κ1) is 15.4. The summed E-state index contributed by atoms with van der Waals surface area (Å²) in [6.45, 7) is 4.45. The Labute approximate surface area is 145 Å². The van der Waals surface area contributed by atoms with Crippen LogP contribution in [0.3, 0.4) is 0 Å². The van der Waals surface area contributed by atoms with Gasteiger partial charge in [-0.25, -0.2) is 0 Å². The second-order valence-electron chi connectivity index (χ2n) is 8.55. The molecule has 1 aromatic rings. The molecule has 23 heavy (non-hydrogen) atoms. The minimum atomic E-state index is 0.288. The van der Waals surface area contributed by atoms with Crippen molar-refractivity contribution in [2.45, 2.75) is 63.8 Å². The monoisotopic (exact) mass is 328 g/mol. The normalized spacial score (nSPS) is 34.7. The zero-order valence-corrected chi connectivity index (χ0v) is 15.1. The van der Waals surface area contributed by atoms with E-state index in [0.29, 0.717) is 5.92 Å². The minimum absolute atomic E-state index is 0.288. The summed E-state index contributed by atoms with van der Waals surface area (Å²) in [5.74, 6) is 3.41. The standard InChI is InChI=1S/C20H28N2S/c1-13(2)17-3-5-18(6-4-17)21-19(23)22-20-10-14-7-15(11-20)9-16(8-14)12-20/h3-6,13-16H,7-12H2,1-2H3,(H2,21,22,23). The van der Waals surface area contributed by atoms with Crippen LogP contribution >= 0.6 is 12.2 Å². The molecule has 0 unspecified atom stereocenters. The maximum atomic E-state index is 5.63. The summed E-state index contributed by atoms with van der Waals surface area (Å²) in [7, 11) is 0. The second-order valence-corrected chi connectivity index (χ2v) is 8.96. The minimum Gasteiger partial charge on any atom is -0.357 e. The highest BCUT2D eigenvalue weighted by atomic mass is 32.1. The molecule has 0 saturated heterocycles. The van der Waals surface area contributed by atoms with Gasteiger partial charge in [0, 0.05) is 11.2 Å². The molecule has 0 aromatic heterocycles. The average Bonchev–Trinajstić information content (AvgIpc) is 2.45. The molecule has 4 fully saturated rings. The number of nitrogens with one attached hydrogen (secondary N) is 2. The predicted molar refractivity (Wildman–Crippen MR) is 101 cm³/mol. The first-order valence-corrected chi connectivity index (χ1v) is 9.61. The van der Waals surface area contributed by atoms with E-state index >= 15 is 0 Å². The van der Waals surface area contributed by atoms with Gasteiger partial charge in [0.2, 0.25) is 0 Å². The van der Waals surface area contributed by atoms with Crippen LogP contribution in [0.1, 0.15) is 63.9 Å². The first-order chi connectivity index (χ1) is 11.0. The zero-order valence-electron chi connectivity index (χ0n) is 14.3. The van der Waals surface area contributed by atoms with E-state index in [1.807, 2.05) is 0 Å². The largest absolute Gasteiger partial charge is 0.357 e. The molecule has 2 N–H and O–H groups in total. The molecule has 4 aliphatic rings. The van der Waals surface area contributed by atoms with Crippen LogP contribution in [-0.2, 0) is 0 Å². The summed E-state index contributed by atoms with van der Waals surface area (Å²) in [6, 6.07) is 8.67. The number of benzene rings is 1. The van der Waals surface area contributed by atoms with Crippen molar-refractivity contribution in [3.8, 4) is 0 Å². The second kappa shape index (κ2) is 5.77. The van der Waals surface area contributed by atoms with E-state index in [1.54, 1.807) is 0 Å². The molecule has 0 heterocycles. The van der Waals surface area contributed by atoms with Crippen LogP contribution in [0.25, 0.3) is 0 Å². The van der Waals surface area contributed by atoms with E-state index in [-0.39, 0.29) is 5.54 Å². The zero-order chi connectivity index (χ0) is 16.0. The highest BCUT2D eigenvalue weighted by Gasteiger charge is 2.51. The maximum absolute atomic E-state index is 5.63. The fraction of sp³-hybridized carbons (Fsp3) is 0.650. The molecular formula is C20H28N2S. The Balaban J connectivity index is 1.40. The molecule has 0 radical (unpaired) electrons. The van der Waals surface area contributed by atoms with Crippen molar-refractivity contribution >= 4 is 23.0 Å². The smallest absolute Gasteiger partial charge is 0.171 e. The van der Waals surface area contributed by atoms with Crippen molar-refractivity contribution in [2.24, 2.45) is 17.8 Å². The van der Waals surface area contributed by atoms with Gasteiger partial charge < -0.3 is 10.6 Å². The number of anilines is 1. The Morgan fingerprint density at radius 3 is 2.00 bits per heavy atom. The SMILES string of the molecule is CC(C)c1ccc(NC(=S)NC23CC4CC(CC(C4)C2)C3)cc1. The molecule has 0 amide bonds. The van der Waals surface area contributed by atoms with E-state index in [0.717, 1.165) is 28.6 Å². The van der Waals surface area contributed by atoms with Crippen molar-refractivity contribution in [2.75, 3.05) is 5.32 Å². The summed E-state index contributed by atoms with van der Waals surface area (Å²) < 4.78 is 0. The van der Waals surface area contributed by atoms with Crippen molar-refractivity contribution in [1.82, 2.24) is 5.32 Å². The molecule has 0 aliphatic heterocycles. The summed E-state index contributed by atoms with van der Waals surface area (Å²) in [5, 5.41) is 7.94. The Kier molecular flexibility index (Phi) is 3.87. The Morgan fingerprint density at radius 2 is 1.52 bits per heavy atom. The van der Waals surface area contributed by atoms with E-state index in [4.69, 9.17) is 12.2 Å². The van der Waals surface area contributed by atoms with Gasteiger partial charge in [-0.15, -0.1) is 0 Å². The van der Waals surface area contributed by atoms with Gasteiger partial charge in [0.25, 0.3) is 0 Å². The highest BCUT2D eigenvalue weighted by molar-refractivity contribution is 7.80. The van der Waals surface area contributed by atoms with Crippen LogP contribution in [0.5, 0.6) is 0 Å². The maximum Gasteiger partial charge on any atom is 0.171 e. The van der Waals surface area contributed by atoms with E-state index < -0.39 is 0 Å². The molecule has 2 nitrogen and oxygen atoms in total. The van der Waals surface area contributed by atoms with Crippen molar-refractivity contribution in [1.29, 1.82) is 0 Å². The Bertz CT molecular complexity index is 555. The summed E-state index contributed by atoms with van der Waals surface area (Å²) in [5.41, 5.74) is 2.75. The third-order valence-electron chi connectivity index (χ3n) is 6.25. The highest BCUT2D eigenvalue weighted by Crippen LogP contribution is 2.55. The number of hydrogen-bond donors (Lipinski definition) is 2. The third kappa shape index (κ3) is 3.13. The molecule has 124 valence electrons. The van der Waals surface area contributed by atoms with Gasteiger partial charge >= 0.3 is 0 Å². The fourth-order valence-electron chi connectivity index (χ4n) is 5.62.